The SMILES string of the molecule is CC(NC(=O)C1CC2CC2C1)c1ccc(C#N)cc1. The van der Waals surface area contributed by atoms with Crippen LogP contribution in [0.3, 0.4) is 0 Å². The molecule has 0 bridgehead atoms. The molecule has 1 amide bonds. The van der Waals surface area contributed by atoms with Crippen molar-refractivity contribution >= 4 is 5.91 Å². The molecule has 1 N–H and O–H groups in total. The highest BCUT2D eigenvalue weighted by Gasteiger charge is 2.48. The highest BCUT2D eigenvalue weighted by Crippen LogP contribution is 2.54. The first-order chi connectivity index (χ1) is 9.17. The van der Waals surface area contributed by atoms with E-state index in [1.165, 1.54) is 6.42 Å². The van der Waals surface area contributed by atoms with E-state index in [1.807, 2.05) is 19.1 Å². The Morgan fingerprint density at radius 3 is 2.47 bits per heavy atom. The van der Waals surface area contributed by atoms with Crippen LogP contribution in [0.25, 0.3) is 0 Å². The fourth-order valence-electron chi connectivity index (χ4n) is 3.19. The number of hydrogen-bond donors (Lipinski definition) is 1. The van der Waals surface area contributed by atoms with Crippen LogP contribution >= 0.6 is 0 Å². The lowest BCUT2D eigenvalue weighted by molar-refractivity contribution is -0.125. The van der Waals surface area contributed by atoms with Gasteiger partial charge in [0.1, 0.15) is 0 Å². The molecular formula is C16H18N2O. The van der Waals surface area contributed by atoms with E-state index in [1.54, 1.807) is 12.1 Å². The average Bonchev–Trinajstić information content (AvgIpc) is 3.05. The minimum atomic E-state index is 0.0113. The maximum absolute atomic E-state index is 12.2. The number of hydrogen-bond acceptors (Lipinski definition) is 2. The molecule has 1 aromatic rings. The quantitative estimate of drug-likeness (QED) is 0.901. The maximum atomic E-state index is 12.2. The van der Waals surface area contributed by atoms with Gasteiger partial charge in [0.15, 0.2) is 0 Å². The number of carbonyl (C=O) groups is 1. The van der Waals surface area contributed by atoms with Gasteiger partial charge in [0.2, 0.25) is 5.91 Å². The Morgan fingerprint density at radius 1 is 1.26 bits per heavy atom. The van der Waals surface area contributed by atoms with Gasteiger partial charge in [-0.2, -0.15) is 5.26 Å². The fraction of sp³-hybridized carbons (Fsp3) is 0.500. The molecule has 3 unspecified atom stereocenters. The molecule has 2 aliphatic carbocycles. The minimum Gasteiger partial charge on any atom is -0.349 e. The second-order valence-electron chi connectivity index (χ2n) is 5.89. The van der Waals surface area contributed by atoms with Crippen molar-refractivity contribution in [3.05, 3.63) is 35.4 Å². The predicted octanol–water partition coefficient (Wildman–Crippen LogP) is 2.78. The summed E-state index contributed by atoms with van der Waals surface area (Å²) in [7, 11) is 0. The van der Waals surface area contributed by atoms with Crippen LogP contribution in [0.1, 0.15) is 43.4 Å². The maximum Gasteiger partial charge on any atom is 0.223 e. The molecule has 3 atom stereocenters. The summed E-state index contributed by atoms with van der Waals surface area (Å²) in [5.74, 6) is 2.09. The van der Waals surface area contributed by atoms with Crippen molar-refractivity contribution in [2.24, 2.45) is 17.8 Å². The van der Waals surface area contributed by atoms with Gasteiger partial charge in [0.05, 0.1) is 17.7 Å². The van der Waals surface area contributed by atoms with E-state index < -0.39 is 0 Å². The Morgan fingerprint density at radius 2 is 1.89 bits per heavy atom. The molecule has 2 aliphatic rings. The molecule has 3 heteroatoms. The Kier molecular flexibility index (Phi) is 3.02. The summed E-state index contributed by atoms with van der Waals surface area (Å²) in [6, 6.07) is 9.53. The highest BCUT2D eigenvalue weighted by molar-refractivity contribution is 5.79. The van der Waals surface area contributed by atoms with Crippen molar-refractivity contribution in [2.75, 3.05) is 0 Å². The zero-order valence-corrected chi connectivity index (χ0v) is 11.1. The van der Waals surface area contributed by atoms with E-state index in [4.69, 9.17) is 5.26 Å². The third-order valence-electron chi connectivity index (χ3n) is 4.51. The summed E-state index contributed by atoms with van der Waals surface area (Å²) >= 11 is 0. The summed E-state index contributed by atoms with van der Waals surface area (Å²) in [6.07, 6.45) is 3.50. The summed E-state index contributed by atoms with van der Waals surface area (Å²) in [5, 5.41) is 11.9. The zero-order valence-electron chi connectivity index (χ0n) is 11.1. The van der Waals surface area contributed by atoms with Gasteiger partial charge in [-0.25, -0.2) is 0 Å². The average molecular weight is 254 g/mol. The van der Waals surface area contributed by atoms with Crippen LogP contribution in [0.4, 0.5) is 0 Å². The third-order valence-corrected chi connectivity index (χ3v) is 4.51. The number of rotatable bonds is 3. The monoisotopic (exact) mass is 254 g/mol. The first kappa shape index (κ1) is 12.2. The number of nitriles is 1. The molecule has 0 heterocycles. The summed E-state index contributed by atoms with van der Waals surface area (Å²) in [4.78, 5) is 12.2. The second kappa shape index (κ2) is 4.70. The molecule has 2 fully saturated rings. The third kappa shape index (κ3) is 2.49. The molecule has 19 heavy (non-hydrogen) atoms. The van der Waals surface area contributed by atoms with E-state index >= 15 is 0 Å². The molecule has 0 saturated heterocycles. The number of fused-ring (bicyclic) bond motifs is 1. The molecule has 0 aromatic heterocycles. The Bertz CT molecular complexity index is 519. The molecule has 0 spiro atoms. The number of benzene rings is 1. The lowest BCUT2D eigenvalue weighted by atomic mass is 10.0. The van der Waals surface area contributed by atoms with Crippen LogP contribution in [-0.4, -0.2) is 5.91 Å². The van der Waals surface area contributed by atoms with Crippen molar-refractivity contribution < 1.29 is 4.79 Å². The van der Waals surface area contributed by atoms with Gasteiger partial charge in [-0.1, -0.05) is 12.1 Å². The standard InChI is InChI=1S/C16H18N2O/c1-10(12-4-2-11(9-17)3-5-12)18-16(19)15-7-13-6-14(13)8-15/h2-5,10,13-15H,6-8H2,1H3,(H,18,19). The second-order valence-corrected chi connectivity index (χ2v) is 5.89. The van der Waals surface area contributed by atoms with Crippen LogP contribution in [0.15, 0.2) is 24.3 Å². The van der Waals surface area contributed by atoms with Gasteiger partial charge in [-0.15, -0.1) is 0 Å². The van der Waals surface area contributed by atoms with Crippen LogP contribution in [-0.2, 0) is 4.79 Å². The molecule has 0 aliphatic heterocycles. The van der Waals surface area contributed by atoms with Gasteiger partial charge in [-0.05, 0) is 55.7 Å². The van der Waals surface area contributed by atoms with E-state index in [0.29, 0.717) is 5.56 Å². The Balaban J connectivity index is 1.59. The van der Waals surface area contributed by atoms with Crippen molar-refractivity contribution in [2.45, 2.75) is 32.2 Å². The van der Waals surface area contributed by atoms with E-state index in [0.717, 1.165) is 30.2 Å². The lowest BCUT2D eigenvalue weighted by Gasteiger charge is -2.18. The normalized spacial score (nSPS) is 29.2. The van der Waals surface area contributed by atoms with Crippen LogP contribution in [0, 0.1) is 29.1 Å². The fourth-order valence-corrected chi connectivity index (χ4v) is 3.19. The first-order valence-electron chi connectivity index (χ1n) is 6.98. The van der Waals surface area contributed by atoms with Gasteiger partial charge in [0, 0.05) is 5.92 Å². The number of nitrogens with one attached hydrogen (secondary N) is 1. The van der Waals surface area contributed by atoms with Crippen LogP contribution in [0.2, 0.25) is 0 Å². The molecule has 3 rings (SSSR count). The van der Waals surface area contributed by atoms with E-state index in [-0.39, 0.29) is 17.9 Å². The summed E-state index contributed by atoms with van der Waals surface area (Å²) in [5.41, 5.74) is 1.70. The first-order valence-corrected chi connectivity index (χ1v) is 6.98. The van der Waals surface area contributed by atoms with Gasteiger partial charge in [-0.3, -0.25) is 4.79 Å². The van der Waals surface area contributed by atoms with Crippen molar-refractivity contribution in [3.63, 3.8) is 0 Å². The molecule has 0 radical (unpaired) electrons. The zero-order chi connectivity index (χ0) is 13.4. The lowest BCUT2D eigenvalue weighted by Crippen LogP contribution is -2.32. The molecule has 3 nitrogen and oxygen atoms in total. The predicted molar refractivity (Wildman–Crippen MR) is 72.0 cm³/mol. The number of amides is 1. The van der Waals surface area contributed by atoms with Crippen molar-refractivity contribution in [1.29, 1.82) is 5.26 Å². The van der Waals surface area contributed by atoms with Gasteiger partial charge in [0.25, 0.3) is 0 Å². The van der Waals surface area contributed by atoms with E-state index in [2.05, 4.69) is 11.4 Å². The largest absolute Gasteiger partial charge is 0.349 e. The number of nitrogens with zero attached hydrogens (tertiary/aromatic N) is 1. The molecule has 98 valence electrons. The molecule has 2 saturated carbocycles. The Labute approximate surface area is 113 Å². The molecule has 1 aromatic carbocycles. The summed E-state index contributed by atoms with van der Waals surface area (Å²) < 4.78 is 0. The smallest absolute Gasteiger partial charge is 0.223 e. The van der Waals surface area contributed by atoms with Crippen molar-refractivity contribution in [1.82, 2.24) is 5.32 Å². The van der Waals surface area contributed by atoms with E-state index in [9.17, 15) is 4.79 Å². The summed E-state index contributed by atoms with van der Waals surface area (Å²) in [6.45, 7) is 2.00. The van der Waals surface area contributed by atoms with Crippen molar-refractivity contribution in [3.8, 4) is 6.07 Å². The topological polar surface area (TPSA) is 52.9 Å². The van der Waals surface area contributed by atoms with Crippen LogP contribution in [0.5, 0.6) is 0 Å². The highest BCUT2D eigenvalue weighted by atomic mass is 16.1. The van der Waals surface area contributed by atoms with Gasteiger partial charge >= 0.3 is 0 Å². The Hall–Kier alpha value is -1.82. The minimum absolute atomic E-state index is 0.0113. The molecular weight excluding hydrogens is 236 g/mol. The number of carbonyl (C=O) groups excluding carboxylic acids is 1. The van der Waals surface area contributed by atoms with Gasteiger partial charge < -0.3 is 5.32 Å². The van der Waals surface area contributed by atoms with Crippen LogP contribution < -0.4 is 5.32 Å².